The van der Waals surface area contributed by atoms with E-state index in [1.54, 1.807) is 30.1 Å². The van der Waals surface area contributed by atoms with Crippen LogP contribution in [0.3, 0.4) is 0 Å². The monoisotopic (exact) mass is 357 g/mol. The first-order valence-corrected chi connectivity index (χ1v) is 7.60. The molecule has 2 amide bonds. The number of amides is 2. The van der Waals surface area contributed by atoms with Gasteiger partial charge in [0.25, 0.3) is 11.8 Å². The summed E-state index contributed by atoms with van der Waals surface area (Å²) in [6, 6.07) is 12.8. The summed E-state index contributed by atoms with van der Waals surface area (Å²) in [6.45, 7) is 0. The molecule has 2 aliphatic rings. The van der Waals surface area contributed by atoms with Crippen LogP contribution < -0.4 is 15.5 Å². The Morgan fingerprint density at radius 1 is 1.09 bits per heavy atom. The Labute approximate surface area is 135 Å². The average molecular weight is 358 g/mol. The molecule has 1 spiro atoms. The van der Waals surface area contributed by atoms with Crippen LogP contribution in [0.15, 0.2) is 46.9 Å². The van der Waals surface area contributed by atoms with Gasteiger partial charge in [-0.3, -0.25) is 9.59 Å². The number of likely N-dealkylation sites (N-methyl/N-ethyl adjacent to an activating group) is 1. The Morgan fingerprint density at radius 2 is 1.86 bits per heavy atom. The third-order valence-electron chi connectivity index (χ3n) is 4.14. The van der Waals surface area contributed by atoms with Crippen LogP contribution in [0, 0.1) is 0 Å². The zero-order valence-electron chi connectivity index (χ0n) is 11.7. The molecule has 0 saturated heterocycles. The van der Waals surface area contributed by atoms with E-state index in [1.165, 1.54) is 0 Å². The standard InChI is InChI=1S/C16H12BrN3O2/c1-20-13-7-6-9(17)8-11(13)16(15(20)22)18-12-5-3-2-4-10(12)14(21)19-16/h2-8,18H,1H3,(H,19,21)/t16-/m1/s1. The number of benzene rings is 2. The van der Waals surface area contributed by atoms with Gasteiger partial charge in [0.1, 0.15) is 0 Å². The summed E-state index contributed by atoms with van der Waals surface area (Å²) in [7, 11) is 1.71. The Kier molecular flexibility index (Phi) is 2.62. The van der Waals surface area contributed by atoms with Crippen LogP contribution in [0.2, 0.25) is 0 Å². The lowest BCUT2D eigenvalue weighted by atomic mass is 9.96. The second-order valence-electron chi connectivity index (χ2n) is 5.40. The van der Waals surface area contributed by atoms with Gasteiger partial charge >= 0.3 is 0 Å². The van der Waals surface area contributed by atoms with E-state index in [9.17, 15) is 9.59 Å². The van der Waals surface area contributed by atoms with Crippen molar-refractivity contribution >= 4 is 39.1 Å². The molecule has 22 heavy (non-hydrogen) atoms. The van der Waals surface area contributed by atoms with Gasteiger partial charge in [-0.1, -0.05) is 28.1 Å². The minimum absolute atomic E-state index is 0.205. The molecule has 2 N–H and O–H groups in total. The number of carbonyl (C=O) groups is 2. The largest absolute Gasteiger partial charge is 0.350 e. The van der Waals surface area contributed by atoms with Crippen LogP contribution in [0.4, 0.5) is 11.4 Å². The summed E-state index contributed by atoms with van der Waals surface area (Å²) in [5, 5.41) is 6.07. The highest BCUT2D eigenvalue weighted by molar-refractivity contribution is 9.10. The van der Waals surface area contributed by atoms with Crippen molar-refractivity contribution in [1.82, 2.24) is 5.32 Å². The fraction of sp³-hybridized carbons (Fsp3) is 0.125. The Bertz CT molecular complexity index is 836. The lowest BCUT2D eigenvalue weighted by molar-refractivity contribution is -0.122. The Hall–Kier alpha value is -2.34. The Morgan fingerprint density at radius 3 is 2.68 bits per heavy atom. The predicted octanol–water partition coefficient (Wildman–Crippen LogP) is 2.43. The van der Waals surface area contributed by atoms with Gasteiger partial charge in [-0.05, 0) is 30.3 Å². The van der Waals surface area contributed by atoms with E-state index in [4.69, 9.17) is 0 Å². The van der Waals surface area contributed by atoms with Gasteiger partial charge in [0.05, 0.1) is 11.3 Å². The third kappa shape index (κ3) is 1.58. The minimum Gasteiger partial charge on any atom is -0.350 e. The quantitative estimate of drug-likeness (QED) is 0.761. The van der Waals surface area contributed by atoms with E-state index < -0.39 is 5.66 Å². The molecular weight excluding hydrogens is 346 g/mol. The lowest BCUT2D eigenvalue weighted by Gasteiger charge is -2.36. The molecule has 2 heterocycles. The molecular formula is C16H12BrN3O2. The molecule has 4 rings (SSSR count). The normalized spacial score (nSPS) is 22.2. The summed E-state index contributed by atoms with van der Waals surface area (Å²) < 4.78 is 0.851. The number of halogens is 1. The number of carbonyl (C=O) groups excluding carboxylic acids is 2. The molecule has 0 bridgehead atoms. The fourth-order valence-electron chi connectivity index (χ4n) is 3.08. The average Bonchev–Trinajstić information content (AvgIpc) is 2.70. The zero-order valence-corrected chi connectivity index (χ0v) is 13.3. The van der Waals surface area contributed by atoms with Crippen molar-refractivity contribution in [3.63, 3.8) is 0 Å². The minimum atomic E-state index is -1.25. The van der Waals surface area contributed by atoms with Gasteiger partial charge in [-0.25, -0.2) is 0 Å². The van der Waals surface area contributed by atoms with Crippen molar-refractivity contribution in [1.29, 1.82) is 0 Å². The molecule has 110 valence electrons. The molecule has 0 aromatic heterocycles. The van der Waals surface area contributed by atoms with E-state index in [2.05, 4.69) is 26.6 Å². The molecule has 0 saturated carbocycles. The first kappa shape index (κ1) is 13.3. The third-order valence-corrected chi connectivity index (χ3v) is 4.64. The van der Waals surface area contributed by atoms with Crippen molar-refractivity contribution < 1.29 is 9.59 Å². The number of hydrogen-bond acceptors (Lipinski definition) is 3. The number of nitrogens with one attached hydrogen (secondary N) is 2. The molecule has 0 fully saturated rings. The van der Waals surface area contributed by atoms with Gasteiger partial charge in [0.2, 0.25) is 5.66 Å². The van der Waals surface area contributed by atoms with E-state index in [1.807, 2.05) is 24.3 Å². The second-order valence-corrected chi connectivity index (χ2v) is 6.32. The number of fused-ring (bicyclic) bond motifs is 3. The molecule has 2 aromatic carbocycles. The van der Waals surface area contributed by atoms with Gasteiger partial charge in [0.15, 0.2) is 0 Å². The number of hydrogen-bond donors (Lipinski definition) is 2. The molecule has 2 aliphatic heterocycles. The second kappa shape index (κ2) is 4.33. The van der Waals surface area contributed by atoms with Gasteiger partial charge < -0.3 is 15.5 Å². The molecule has 0 unspecified atom stereocenters. The SMILES string of the molecule is CN1C(=O)[C@]2(NC(=O)c3ccccc3N2)c2cc(Br)ccc21. The van der Waals surface area contributed by atoms with Gasteiger partial charge in [0, 0.05) is 22.8 Å². The summed E-state index contributed by atoms with van der Waals surface area (Å²) in [4.78, 5) is 26.9. The number of anilines is 2. The smallest absolute Gasteiger partial charge is 0.278 e. The van der Waals surface area contributed by atoms with Gasteiger partial charge in [-0.2, -0.15) is 0 Å². The van der Waals surface area contributed by atoms with Crippen molar-refractivity contribution in [3.8, 4) is 0 Å². The number of para-hydroxylation sites is 1. The summed E-state index contributed by atoms with van der Waals surface area (Å²) in [6.07, 6.45) is 0. The lowest BCUT2D eigenvalue weighted by Crippen LogP contribution is -2.60. The topological polar surface area (TPSA) is 61.4 Å². The fourth-order valence-corrected chi connectivity index (χ4v) is 3.44. The zero-order chi connectivity index (χ0) is 15.5. The van der Waals surface area contributed by atoms with Crippen molar-refractivity contribution in [3.05, 3.63) is 58.1 Å². The summed E-state index contributed by atoms with van der Waals surface area (Å²) in [5.74, 6) is -0.465. The van der Waals surface area contributed by atoms with Crippen LogP contribution in [-0.2, 0) is 10.5 Å². The van der Waals surface area contributed by atoms with Crippen LogP contribution in [0.5, 0.6) is 0 Å². The van der Waals surface area contributed by atoms with E-state index in [-0.39, 0.29) is 11.8 Å². The van der Waals surface area contributed by atoms with Crippen LogP contribution in [-0.4, -0.2) is 18.9 Å². The van der Waals surface area contributed by atoms with Crippen LogP contribution in [0.25, 0.3) is 0 Å². The molecule has 5 nitrogen and oxygen atoms in total. The van der Waals surface area contributed by atoms with Crippen LogP contribution >= 0.6 is 15.9 Å². The molecule has 0 aliphatic carbocycles. The highest BCUT2D eigenvalue weighted by Crippen LogP contribution is 2.43. The highest BCUT2D eigenvalue weighted by Gasteiger charge is 2.53. The van der Waals surface area contributed by atoms with E-state index in [0.717, 1.165) is 15.7 Å². The number of nitrogens with zero attached hydrogens (tertiary/aromatic N) is 1. The number of rotatable bonds is 0. The highest BCUT2D eigenvalue weighted by atomic mass is 79.9. The maximum Gasteiger partial charge on any atom is 0.278 e. The maximum atomic E-state index is 12.8. The van der Waals surface area contributed by atoms with E-state index >= 15 is 0 Å². The molecule has 0 radical (unpaired) electrons. The summed E-state index contributed by atoms with van der Waals surface area (Å²) in [5.41, 5.74) is 1.45. The van der Waals surface area contributed by atoms with Crippen molar-refractivity contribution in [2.24, 2.45) is 0 Å². The summed E-state index contributed by atoms with van der Waals surface area (Å²) >= 11 is 3.43. The molecule has 6 heteroatoms. The maximum absolute atomic E-state index is 12.8. The van der Waals surface area contributed by atoms with Crippen LogP contribution in [0.1, 0.15) is 15.9 Å². The van der Waals surface area contributed by atoms with Crippen molar-refractivity contribution in [2.45, 2.75) is 5.66 Å². The molecule has 2 aromatic rings. The van der Waals surface area contributed by atoms with E-state index in [0.29, 0.717) is 11.3 Å². The Balaban J connectivity index is 1.95. The van der Waals surface area contributed by atoms with Gasteiger partial charge in [-0.15, -0.1) is 0 Å². The predicted molar refractivity (Wildman–Crippen MR) is 86.8 cm³/mol. The first-order valence-electron chi connectivity index (χ1n) is 6.81. The first-order chi connectivity index (χ1) is 10.5. The van der Waals surface area contributed by atoms with Crippen molar-refractivity contribution in [2.75, 3.05) is 17.3 Å². The molecule has 1 atom stereocenters.